The van der Waals surface area contributed by atoms with Crippen LogP contribution in [0, 0.1) is 5.92 Å². The van der Waals surface area contributed by atoms with Gasteiger partial charge in [-0.25, -0.2) is 18.4 Å². The Balaban J connectivity index is 2.29. The molecule has 1 atom stereocenters. The van der Waals surface area contributed by atoms with Gasteiger partial charge >= 0.3 is 0 Å². The van der Waals surface area contributed by atoms with Gasteiger partial charge in [-0.3, -0.25) is 0 Å². The lowest BCUT2D eigenvalue weighted by Crippen LogP contribution is -2.12. The molecule has 0 aromatic carbocycles. The molecule has 1 aromatic heterocycles. The number of nitrogens with zero attached hydrogens (tertiary/aromatic N) is 2. The summed E-state index contributed by atoms with van der Waals surface area (Å²) in [6.07, 6.45) is 1.52. The van der Waals surface area contributed by atoms with Crippen LogP contribution >= 0.6 is 0 Å². The molecular formula is C14H23N3O2S. The molecule has 20 heavy (non-hydrogen) atoms. The molecule has 1 N–H and O–H groups in total. The van der Waals surface area contributed by atoms with Crippen LogP contribution in [0.3, 0.4) is 0 Å². The Hall–Kier alpha value is -1.17. The summed E-state index contributed by atoms with van der Waals surface area (Å²) in [5.74, 6) is 2.39. The highest BCUT2D eigenvalue weighted by atomic mass is 32.2. The third kappa shape index (κ3) is 3.91. The first-order valence-electron chi connectivity index (χ1n) is 7.21. The van der Waals surface area contributed by atoms with Crippen molar-refractivity contribution >= 4 is 15.7 Å². The van der Waals surface area contributed by atoms with Crippen molar-refractivity contribution < 1.29 is 8.42 Å². The van der Waals surface area contributed by atoms with Crippen LogP contribution < -0.4 is 5.32 Å². The average molecular weight is 297 g/mol. The van der Waals surface area contributed by atoms with Gasteiger partial charge in [0, 0.05) is 24.2 Å². The molecule has 0 amide bonds. The minimum atomic E-state index is -2.91. The summed E-state index contributed by atoms with van der Waals surface area (Å²) in [6.45, 7) is 7.11. The predicted octanol–water partition coefficient (Wildman–Crippen LogP) is 2.01. The SMILES string of the molecule is CCNc1cc(CC(C)C)nc(C2CCS(=O)(=O)C2)n1. The molecule has 6 heteroatoms. The van der Waals surface area contributed by atoms with Gasteiger partial charge in [-0.05, 0) is 25.7 Å². The molecule has 1 unspecified atom stereocenters. The number of anilines is 1. The van der Waals surface area contributed by atoms with E-state index in [-0.39, 0.29) is 17.4 Å². The largest absolute Gasteiger partial charge is 0.370 e. The predicted molar refractivity (Wildman–Crippen MR) is 80.7 cm³/mol. The number of rotatable bonds is 5. The standard InChI is InChI=1S/C14H23N3O2S/c1-4-15-13-8-12(7-10(2)3)16-14(17-13)11-5-6-20(18,19)9-11/h8,10-11H,4-7,9H2,1-3H3,(H,15,16,17). The molecule has 1 aliphatic rings. The third-order valence-electron chi connectivity index (χ3n) is 3.37. The Morgan fingerprint density at radius 2 is 2.15 bits per heavy atom. The second-order valence-corrected chi connectivity index (χ2v) is 8.06. The van der Waals surface area contributed by atoms with Gasteiger partial charge in [0.25, 0.3) is 0 Å². The van der Waals surface area contributed by atoms with Crippen LogP contribution in [0.25, 0.3) is 0 Å². The molecule has 0 radical (unpaired) electrons. The van der Waals surface area contributed by atoms with Crippen LogP contribution in [0.15, 0.2) is 6.07 Å². The van der Waals surface area contributed by atoms with Crippen molar-refractivity contribution in [3.63, 3.8) is 0 Å². The molecule has 1 fully saturated rings. The fourth-order valence-electron chi connectivity index (χ4n) is 2.49. The first-order chi connectivity index (χ1) is 9.39. The van der Waals surface area contributed by atoms with E-state index in [2.05, 4.69) is 29.1 Å². The lowest BCUT2D eigenvalue weighted by molar-refractivity contribution is 0.600. The topological polar surface area (TPSA) is 72.0 Å². The van der Waals surface area contributed by atoms with Crippen molar-refractivity contribution in [3.05, 3.63) is 17.6 Å². The number of aromatic nitrogens is 2. The molecule has 2 heterocycles. The second-order valence-electron chi connectivity index (χ2n) is 5.83. The summed E-state index contributed by atoms with van der Waals surface area (Å²) < 4.78 is 23.2. The quantitative estimate of drug-likeness (QED) is 0.900. The van der Waals surface area contributed by atoms with Crippen molar-refractivity contribution in [3.8, 4) is 0 Å². The Morgan fingerprint density at radius 3 is 2.70 bits per heavy atom. The molecule has 0 spiro atoms. The third-order valence-corrected chi connectivity index (χ3v) is 5.14. The van der Waals surface area contributed by atoms with Gasteiger partial charge in [-0.1, -0.05) is 13.8 Å². The smallest absolute Gasteiger partial charge is 0.151 e. The molecular weight excluding hydrogens is 274 g/mol. The first kappa shape index (κ1) is 15.2. The lowest BCUT2D eigenvalue weighted by Gasteiger charge is -2.13. The van der Waals surface area contributed by atoms with Gasteiger partial charge in [0.15, 0.2) is 9.84 Å². The molecule has 0 bridgehead atoms. The number of hydrogen-bond acceptors (Lipinski definition) is 5. The number of sulfone groups is 1. The van der Waals surface area contributed by atoms with Gasteiger partial charge in [-0.2, -0.15) is 0 Å². The number of hydrogen-bond donors (Lipinski definition) is 1. The van der Waals surface area contributed by atoms with Gasteiger partial charge < -0.3 is 5.32 Å². The number of nitrogens with one attached hydrogen (secondary N) is 1. The monoisotopic (exact) mass is 297 g/mol. The van der Waals surface area contributed by atoms with Gasteiger partial charge in [0.05, 0.1) is 11.5 Å². The van der Waals surface area contributed by atoms with E-state index in [1.807, 2.05) is 13.0 Å². The van der Waals surface area contributed by atoms with Crippen LogP contribution in [0.5, 0.6) is 0 Å². The van der Waals surface area contributed by atoms with Gasteiger partial charge in [0.1, 0.15) is 11.6 Å². The van der Waals surface area contributed by atoms with E-state index in [1.54, 1.807) is 0 Å². The molecule has 1 aliphatic heterocycles. The normalized spacial score (nSPS) is 21.3. The lowest BCUT2D eigenvalue weighted by atomic mass is 10.1. The van der Waals surface area contributed by atoms with E-state index in [0.717, 1.165) is 24.5 Å². The van der Waals surface area contributed by atoms with E-state index in [4.69, 9.17) is 0 Å². The maximum Gasteiger partial charge on any atom is 0.151 e. The second kappa shape index (κ2) is 6.08. The molecule has 112 valence electrons. The summed E-state index contributed by atoms with van der Waals surface area (Å²) >= 11 is 0. The van der Waals surface area contributed by atoms with Gasteiger partial charge in [-0.15, -0.1) is 0 Å². The fraction of sp³-hybridized carbons (Fsp3) is 0.714. The molecule has 2 rings (SSSR count). The van der Waals surface area contributed by atoms with E-state index >= 15 is 0 Å². The van der Waals surface area contributed by atoms with Crippen molar-refractivity contribution in [2.75, 3.05) is 23.4 Å². The summed E-state index contributed by atoms with van der Waals surface area (Å²) in [5, 5.41) is 3.21. The first-order valence-corrected chi connectivity index (χ1v) is 9.04. The zero-order valence-corrected chi connectivity index (χ0v) is 13.2. The molecule has 0 saturated carbocycles. The maximum absolute atomic E-state index is 11.6. The van der Waals surface area contributed by atoms with Crippen LogP contribution in [0.4, 0.5) is 5.82 Å². The minimum absolute atomic E-state index is 0.0514. The van der Waals surface area contributed by atoms with Crippen molar-refractivity contribution in [2.45, 2.75) is 39.5 Å². The highest BCUT2D eigenvalue weighted by Gasteiger charge is 2.31. The summed E-state index contributed by atoms with van der Waals surface area (Å²) in [7, 11) is -2.91. The van der Waals surface area contributed by atoms with Crippen molar-refractivity contribution in [1.29, 1.82) is 0 Å². The molecule has 0 aliphatic carbocycles. The fourth-order valence-corrected chi connectivity index (χ4v) is 4.23. The van der Waals surface area contributed by atoms with Crippen molar-refractivity contribution in [2.24, 2.45) is 5.92 Å². The van der Waals surface area contributed by atoms with Crippen LogP contribution in [-0.2, 0) is 16.3 Å². The van der Waals surface area contributed by atoms with Crippen LogP contribution in [-0.4, -0.2) is 36.4 Å². The van der Waals surface area contributed by atoms with Crippen LogP contribution in [0.2, 0.25) is 0 Å². The Kier molecular flexibility index (Phi) is 4.62. The highest BCUT2D eigenvalue weighted by Crippen LogP contribution is 2.27. The van der Waals surface area contributed by atoms with Gasteiger partial charge in [0.2, 0.25) is 0 Å². The van der Waals surface area contributed by atoms with Crippen molar-refractivity contribution in [1.82, 2.24) is 9.97 Å². The summed E-state index contributed by atoms with van der Waals surface area (Å²) in [4.78, 5) is 9.08. The van der Waals surface area contributed by atoms with E-state index in [1.165, 1.54) is 0 Å². The summed E-state index contributed by atoms with van der Waals surface area (Å²) in [6, 6.07) is 1.97. The Bertz CT molecular complexity index is 570. The zero-order valence-electron chi connectivity index (χ0n) is 12.4. The van der Waals surface area contributed by atoms with E-state index in [0.29, 0.717) is 18.2 Å². The molecule has 1 saturated heterocycles. The Labute approximate surface area is 121 Å². The van der Waals surface area contributed by atoms with E-state index in [9.17, 15) is 8.42 Å². The highest BCUT2D eigenvalue weighted by molar-refractivity contribution is 7.91. The summed E-state index contributed by atoms with van der Waals surface area (Å²) in [5.41, 5.74) is 0.991. The molecule has 1 aromatic rings. The zero-order chi connectivity index (χ0) is 14.8. The van der Waals surface area contributed by atoms with Crippen LogP contribution in [0.1, 0.15) is 44.6 Å². The maximum atomic E-state index is 11.6. The Morgan fingerprint density at radius 1 is 1.40 bits per heavy atom. The van der Waals surface area contributed by atoms with E-state index < -0.39 is 9.84 Å². The minimum Gasteiger partial charge on any atom is -0.370 e. The molecule has 5 nitrogen and oxygen atoms in total. The average Bonchev–Trinajstić information content (AvgIpc) is 2.69.